The van der Waals surface area contributed by atoms with Gasteiger partial charge in [0.05, 0.1) is 10.4 Å². The van der Waals surface area contributed by atoms with Crippen LogP contribution in [0.3, 0.4) is 0 Å². The number of carbonyl (C=O) groups is 2. The molecule has 2 aromatic rings. The van der Waals surface area contributed by atoms with Gasteiger partial charge in [-0.3, -0.25) is 4.79 Å². The summed E-state index contributed by atoms with van der Waals surface area (Å²) in [6, 6.07) is 8.91. The van der Waals surface area contributed by atoms with Gasteiger partial charge >= 0.3 is 5.97 Å². The molecule has 0 bridgehead atoms. The van der Waals surface area contributed by atoms with Crippen molar-refractivity contribution in [3.05, 3.63) is 40.8 Å². The average molecular weight is 304 g/mol. The summed E-state index contributed by atoms with van der Waals surface area (Å²) in [5.41, 5.74) is 0.291. The van der Waals surface area contributed by atoms with Gasteiger partial charge in [0.2, 0.25) is 0 Å². The summed E-state index contributed by atoms with van der Waals surface area (Å²) in [5.74, 6) is -2.34. The van der Waals surface area contributed by atoms with Crippen LogP contribution in [-0.4, -0.2) is 16.9 Å². The Balaban J connectivity index is 2.42. The summed E-state index contributed by atoms with van der Waals surface area (Å²) in [6.07, 6.45) is 0.847. The van der Waals surface area contributed by atoms with Gasteiger partial charge in [0, 0.05) is 12.1 Å². The Morgan fingerprint density at radius 3 is 2.52 bits per heavy atom. The lowest BCUT2D eigenvalue weighted by atomic mass is 10.1. The second kappa shape index (κ2) is 6.41. The van der Waals surface area contributed by atoms with Gasteiger partial charge in [0.1, 0.15) is 5.00 Å². The van der Waals surface area contributed by atoms with Crippen LogP contribution in [0.5, 0.6) is 5.75 Å². The van der Waals surface area contributed by atoms with Gasteiger partial charge in [-0.2, -0.15) is 0 Å². The molecule has 0 saturated heterocycles. The van der Waals surface area contributed by atoms with E-state index in [0.29, 0.717) is 12.1 Å². The van der Waals surface area contributed by atoms with Gasteiger partial charge in [0.15, 0.2) is 5.78 Å². The Labute approximate surface area is 125 Å². The fraction of sp³-hybridized carbons (Fsp3) is 0.200. The number of hydrogen-bond donors (Lipinski definition) is 2. The molecule has 2 rings (SSSR count). The van der Waals surface area contributed by atoms with Crippen molar-refractivity contribution in [2.75, 3.05) is 5.32 Å². The molecular weight excluding hydrogens is 290 g/mol. The molecule has 21 heavy (non-hydrogen) atoms. The molecule has 0 unspecified atom stereocenters. The fourth-order valence-electron chi connectivity index (χ4n) is 1.88. The Morgan fingerprint density at radius 2 is 1.95 bits per heavy atom. The number of Topliss-reactive ketones (excluding diaryl/α,β-unsaturated/α-hetero) is 1. The van der Waals surface area contributed by atoms with E-state index in [1.165, 1.54) is 0 Å². The van der Waals surface area contributed by atoms with Crippen LogP contribution < -0.4 is 10.4 Å². The molecule has 0 radical (unpaired) electrons. The molecule has 110 valence electrons. The van der Waals surface area contributed by atoms with Crippen molar-refractivity contribution >= 4 is 33.8 Å². The first-order chi connectivity index (χ1) is 10.0. The molecule has 0 spiro atoms. The maximum atomic E-state index is 12.1. The number of rotatable bonds is 6. The molecule has 6 heteroatoms. The van der Waals surface area contributed by atoms with Gasteiger partial charge in [-0.25, -0.2) is 4.79 Å². The molecule has 2 N–H and O–H groups in total. The number of benzene rings is 1. The zero-order chi connectivity index (χ0) is 15.4. The lowest BCUT2D eigenvalue weighted by Gasteiger charge is -2.09. The van der Waals surface area contributed by atoms with Crippen molar-refractivity contribution in [2.45, 2.75) is 19.8 Å². The Hall–Kier alpha value is -2.34. The summed E-state index contributed by atoms with van der Waals surface area (Å²) in [6.45, 7) is 1.83. The van der Waals surface area contributed by atoms with Crippen LogP contribution in [0.15, 0.2) is 30.3 Å². The third-order valence-electron chi connectivity index (χ3n) is 2.84. The Bertz CT molecular complexity index is 664. The number of carbonyl (C=O) groups excluding carboxylic acids is 1. The van der Waals surface area contributed by atoms with E-state index in [0.717, 1.165) is 11.3 Å². The number of carboxylic acid groups (broad SMARTS) is 1. The molecule has 1 aromatic heterocycles. The smallest absolute Gasteiger partial charge is 0.338 e. The van der Waals surface area contributed by atoms with Crippen molar-refractivity contribution in [1.82, 2.24) is 0 Å². The summed E-state index contributed by atoms with van der Waals surface area (Å²) >= 11 is 0.903. The highest BCUT2D eigenvalue weighted by molar-refractivity contribution is 7.19. The van der Waals surface area contributed by atoms with Crippen LogP contribution >= 0.6 is 11.3 Å². The van der Waals surface area contributed by atoms with Crippen LogP contribution in [0.25, 0.3) is 0 Å². The maximum Gasteiger partial charge on any atom is 0.338 e. The first-order valence-electron chi connectivity index (χ1n) is 6.47. The zero-order valence-corrected chi connectivity index (χ0v) is 12.2. The van der Waals surface area contributed by atoms with E-state index < -0.39 is 11.7 Å². The topological polar surface area (TPSA) is 89.5 Å². The molecule has 1 aromatic carbocycles. The average Bonchev–Trinajstić information content (AvgIpc) is 2.77. The molecule has 0 aliphatic carbocycles. The normalized spacial score (nSPS) is 10.3. The largest absolute Gasteiger partial charge is 0.871 e. The summed E-state index contributed by atoms with van der Waals surface area (Å²) in [7, 11) is 0. The molecule has 0 saturated carbocycles. The zero-order valence-electron chi connectivity index (χ0n) is 11.4. The number of carboxylic acids is 1. The number of hydrogen-bond acceptors (Lipinski definition) is 5. The van der Waals surface area contributed by atoms with Gasteiger partial charge in [-0.1, -0.05) is 30.9 Å². The predicted molar refractivity (Wildman–Crippen MR) is 79.7 cm³/mol. The highest BCUT2D eigenvalue weighted by atomic mass is 32.1. The van der Waals surface area contributed by atoms with Gasteiger partial charge in [-0.15, -0.1) is 11.3 Å². The van der Waals surface area contributed by atoms with E-state index in [1.54, 1.807) is 24.3 Å². The van der Waals surface area contributed by atoms with Crippen LogP contribution in [0.2, 0.25) is 0 Å². The number of para-hydroxylation sites is 1. The van der Waals surface area contributed by atoms with Crippen LogP contribution in [-0.2, 0) is 0 Å². The van der Waals surface area contributed by atoms with Crippen molar-refractivity contribution in [2.24, 2.45) is 0 Å². The fourth-order valence-corrected chi connectivity index (χ4v) is 2.94. The Morgan fingerprint density at radius 1 is 1.29 bits per heavy atom. The highest BCUT2D eigenvalue weighted by Gasteiger charge is 2.21. The Kier molecular flexibility index (Phi) is 4.59. The van der Waals surface area contributed by atoms with Crippen molar-refractivity contribution < 1.29 is 19.8 Å². The van der Waals surface area contributed by atoms with Crippen molar-refractivity contribution in [3.8, 4) is 5.75 Å². The van der Waals surface area contributed by atoms with Crippen LogP contribution in [0, 0.1) is 0 Å². The third kappa shape index (κ3) is 3.22. The van der Waals surface area contributed by atoms with E-state index in [4.69, 9.17) is 0 Å². The molecule has 0 aliphatic rings. The van der Waals surface area contributed by atoms with Crippen molar-refractivity contribution in [1.29, 1.82) is 0 Å². The second-order valence-electron chi connectivity index (χ2n) is 4.43. The molecule has 0 amide bonds. The van der Waals surface area contributed by atoms with E-state index in [2.05, 4.69) is 5.32 Å². The van der Waals surface area contributed by atoms with Crippen molar-refractivity contribution in [3.63, 3.8) is 0 Å². The molecule has 0 atom stereocenters. The summed E-state index contributed by atoms with van der Waals surface area (Å²) in [4.78, 5) is 23.2. The SMILES string of the molecule is CCCC(=O)c1sc(Nc2ccccc2)c(C(=O)O)c1[O-]. The minimum Gasteiger partial charge on any atom is -0.871 e. The lowest BCUT2D eigenvalue weighted by Crippen LogP contribution is -2.06. The highest BCUT2D eigenvalue weighted by Crippen LogP contribution is 2.39. The summed E-state index contributed by atoms with van der Waals surface area (Å²) < 4.78 is 0. The van der Waals surface area contributed by atoms with Gasteiger partial charge in [0.25, 0.3) is 0 Å². The van der Waals surface area contributed by atoms with E-state index in [-0.39, 0.29) is 27.6 Å². The van der Waals surface area contributed by atoms with E-state index in [1.807, 2.05) is 13.0 Å². The van der Waals surface area contributed by atoms with E-state index >= 15 is 0 Å². The number of aromatic carboxylic acids is 1. The van der Waals surface area contributed by atoms with Crippen LogP contribution in [0.4, 0.5) is 10.7 Å². The first kappa shape index (κ1) is 15.1. The van der Waals surface area contributed by atoms with Gasteiger partial charge < -0.3 is 15.5 Å². The minimum atomic E-state index is -1.33. The van der Waals surface area contributed by atoms with E-state index in [9.17, 15) is 19.8 Å². The molecule has 1 heterocycles. The number of anilines is 2. The molecule has 0 aliphatic heterocycles. The predicted octanol–water partition coefficient (Wildman–Crippen LogP) is 3.25. The molecule has 0 fully saturated rings. The number of ketones is 1. The summed E-state index contributed by atoms with van der Waals surface area (Å²) in [5, 5.41) is 24.4. The van der Waals surface area contributed by atoms with Crippen LogP contribution in [0.1, 0.15) is 39.8 Å². The standard InChI is InChI=1S/C15H15NO4S/c1-2-6-10(17)13-12(18)11(15(19)20)14(21-13)16-9-7-4-3-5-8-9/h3-5,7-8,16,18H,2,6H2,1H3,(H,19,20)/p-1. The second-order valence-corrected chi connectivity index (χ2v) is 5.45. The number of thiophene rings is 1. The monoisotopic (exact) mass is 304 g/mol. The lowest BCUT2D eigenvalue weighted by molar-refractivity contribution is -0.268. The first-order valence-corrected chi connectivity index (χ1v) is 7.28. The number of nitrogens with one attached hydrogen (secondary N) is 1. The maximum absolute atomic E-state index is 12.1. The molecular formula is C15H14NO4S-. The quantitative estimate of drug-likeness (QED) is 0.800. The van der Waals surface area contributed by atoms with Gasteiger partial charge in [-0.05, 0) is 18.6 Å². The minimum absolute atomic E-state index is 0.0207. The molecule has 5 nitrogen and oxygen atoms in total. The third-order valence-corrected chi connectivity index (χ3v) is 3.97.